The lowest BCUT2D eigenvalue weighted by molar-refractivity contribution is 0.221. The van der Waals surface area contributed by atoms with Gasteiger partial charge in [-0.05, 0) is 48.7 Å². The Labute approximate surface area is 132 Å². The van der Waals surface area contributed by atoms with E-state index in [1.165, 1.54) is 37.9 Å². The third-order valence-corrected chi connectivity index (χ3v) is 4.34. The van der Waals surface area contributed by atoms with Crippen molar-refractivity contribution in [2.45, 2.75) is 25.8 Å². The fraction of sp³-hybridized carbons (Fsp3) is 0.316. The van der Waals surface area contributed by atoms with Crippen molar-refractivity contribution >= 4 is 11.9 Å². The maximum atomic E-state index is 5.93. The number of nitrogens with zero attached hydrogens (tertiary/aromatic N) is 2. The van der Waals surface area contributed by atoms with Crippen molar-refractivity contribution in [2.75, 3.05) is 18.8 Å². The molecule has 2 heterocycles. The Morgan fingerprint density at radius 2 is 1.82 bits per heavy atom. The van der Waals surface area contributed by atoms with E-state index in [4.69, 9.17) is 5.73 Å². The normalized spacial score (nSPS) is 15.6. The molecule has 2 N–H and O–H groups in total. The van der Waals surface area contributed by atoms with Crippen LogP contribution < -0.4 is 5.73 Å². The molecule has 0 amide bonds. The van der Waals surface area contributed by atoms with E-state index in [-0.39, 0.29) is 0 Å². The average Bonchev–Trinajstić information content (AvgIpc) is 2.56. The van der Waals surface area contributed by atoms with Crippen LogP contribution in [0.2, 0.25) is 0 Å². The number of nitrogen functional groups attached to an aromatic ring is 1. The van der Waals surface area contributed by atoms with Gasteiger partial charge in [0.05, 0.1) is 0 Å². The Balaban J connectivity index is 1.79. The van der Waals surface area contributed by atoms with E-state index >= 15 is 0 Å². The number of hydrogen-bond acceptors (Lipinski definition) is 3. The smallest absolute Gasteiger partial charge is 0.131 e. The van der Waals surface area contributed by atoms with Crippen molar-refractivity contribution in [3.05, 3.63) is 54.2 Å². The van der Waals surface area contributed by atoms with Crippen molar-refractivity contribution < 1.29 is 0 Å². The monoisotopic (exact) mass is 293 g/mol. The van der Waals surface area contributed by atoms with Gasteiger partial charge in [-0.3, -0.25) is 4.90 Å². The highest BCUT2D eigenvalue weighted by atomic mass is 15.1. The summed E-state index contributed by atoms with van der Waals surface area (Å²) in [6.07, 6.45) is 7.57. The molecule has 3 heteroatoms. The largest absolute Gasteiger partial charge is 0.383 e. The molecule has 0 atom stereocenters. The predicted molar refractivity (Wildman–Crippen MR) is 93.3 cm³/mol. The lowest BCUT2D eigenvalue weighted by Crippen LogP contribution is -2.28. The van der Waals surface area contributed by atoms with Crippen molar-refractivity contribution in [1.82, 2.24) is 9.88 Å². The van der Waals surface area contributed by atoms with Crippen LogP contribution in [0.5, 0.6) is 0 Å². The molecular formula is C19H23N3. The number of pyridine rings is 1. The number of anilines is 1. The standard InChI is InChI=1S/C19H23N3/c1-2-17-18(10-11-21-19(17)20)16-8-6-15(7-9-16)14-22-12-4-3-5-13-22/h2,6-11H,1,3-5,12-14H2,(H2,20,21). The first-order chi connectivity index (χ1) is 10.8. The Morgan fingerprint density at radius 1 is 1.09 bits per heavy atom. The number of rotatable bonds is 4. The number of hydrogen-bond donors (Lipinski definition) is 1. The van der Waals surface area contributed by atoms with Gasteiger partial charge in [0.1, 0.15) is 5.82 Å². The van der Waals surface area contributed by atoms with E-state index in [2.05, 4.69) is 40.7 Å². The number of piperidine rings is 1. The minimum Gasteiger partial charge on any atom is -0.383 e. The Kier molecular flexibility index (Phi) is 4.54. The van der Waals surface area contributed by atoms with Crippen LogP contribution in [0, 0.1) is 0 Å². The fourth-order valence-electron chi connectivity index (χ4n) is 3.12. The molecule has 2 aromatic rings. The zero-order valence-corrected chi connectivity index (χ0v) is 13.0. The molecule has 0 aliphatic carbocycles. The number of aromatic nitrogens is 1. The van der Waals surface area contributed by atoms with E-state index in [1.54, 1.807) is 12.3 Å². The van der Waals surface area contributed by atoms with E-state index < -0.39 is 0 Å². The molecule has 1 fully saturated rings. The molecule has 114 valence electrons. The van der Waals surface area contributed by atoms with Gasteiger partial charge in [0.2, 0.25) is 0 Å². The number of nitrogens with two attached hydrogens (primary N) is 1. The predicted octanol–water partition coefficient (Wildman–Crippen LogP) is 3.96. The summed E-state index contributed by atoms with van der Waals surface area (Å²) in [6, 6.07) is 10.8. The summed E-state index contributed by atoms with van der Waals surface area (Å²) in [5.41, 5.74) is 10.5. The van der Waals surface area contributed by atoms with Gasteiger partial charge >= 0.3 is 0 Å². The second kappa shape index (κ2) is 6.75. The van der Waals surface area contributed by atoms with Crippen LogP contribution in [0.4, 0.5) is 5.82 Å². The summed E-state index contributed by atoms with van der Waals surface area (Å²) in [4.78, 5) is 6.67. The van der Waals surface area contributed by atoms with E-state index in [9.17, 15) is 0 Å². The summed E-state index contributed by atoms with van der Waals surface area (Å²) in [5, 5.41) is 0. The molecule has 0 spiro atoms. The molecule has 3 rings (SSSR count). The van der Waals surface area contributed by atoms with Crippen LogP contribution in [0.1, 0.15) is 30.4 Å². The highest BCUT2D eigenvalue weighted by Crippen LogP contribution is 2.27. The van der Waals surface area contributed by atoms with Crippen molar-refractivity contribution in [3.8, 4) is 11.1 Å². The van der Waals surface area contributed by atoms with E-state index in [0.29, 0.717) is 5.82 Å². The summed E-state index contributed by atoms with van der Waals surface area (Å²) < 4.78 is 0. The number of likely N-dealkylation sites (tertiary alicyclic amines) is 1. The minimum absolute atomic E-state index is 0.532. The average molecular weight is 293 g/mol. The molecule has 0 bridgehead atoms. The second-order valence-electron chi connectivity index (χ2n) is 5.90. The molecule has 1 aliphatic heterocycles. The third kappa shape index (κ3) is 3.20. The molecule has 0 radical (unpaired) electrons. The minimum atomic E-state index is 0.532. The molecular weight excluding hydrogens is 270 g/mol. The zero-order valence-electron chi connectivity index (χ0n) is 13.0. The van der Waals surface area contributed by atoms with E-state index in [0.717, 1.165) is 23.2 Å². The van der Waals surface area contributed by atoms with Gasteiger partial charge in [-0.1, -0.05) is 43.3 Å². The Bertz CT molecular complexity index is 640. The summed E-state index contributed by atoms with van der Waals surface area (Å²) in [6.45, 7) is 7.35. The van der Waals surface area contributed by atoms with Gasteiger partial charge in [-0.2, -0.15) is 0 Å². The van der Waals surface area contributed by atoms with Crippen LogP contribution in [0.25, 0.3) is 17.2 Å². The van der Waals surface area contributed by atoms with Crippen LogP contribution in [-0.2, 0) is 6.54 Å². The van der Waals surface area contributed by atoms with E-state index in [1.807, 2.05) is 6.07 Å². The quantitative estimate of drug-likeness (QED) is 0.927. The highest BCUT2D eigenvalue weighted by Gasteiger charge is 2.11. The van der Waals surface area contributed by atoms with Gasteiger partial charge in [-0.25, -0.2) is 4.98 Å². The van der Waals surface area contributed by atoms with Gasteiger partial charge in [0.15, 0.2) is 0 Å². The van der Waals surface area contributed by atoms with Gasteiger partial charge in [-0.15, -0.1) is 0 Å². The molecule has 0 unspecified atom stereocenters. The van der Waals surface area contributed by atoms with Crippen molar-refractivity contribution in [3.63, 3.8) is 0 Å². The number of benzene rings is 1. The SMILES string of the molecule is C=Cc1c(-c2ccc(CN3CCCCC3)cc2)ccnc1N. The molecule has 3 nitrogen and oxygen atoms in total. The van der Waals surface area contributed by atoms with Gasteiger partial charge in [0.25, 0.3) is 0 Å². The van der Waals surface area contributed by atoms with Crippen LogP contribution >= 0.6 is 0 Å². The maximum Gasteiger partial charge on any atom is 0.131 e. The second-order valence-corrected chi connectivity index (χ2v) is 5.90. The Morgan fingerprint density at radius 3 is 2.50 bits per heavy atom. The first-order valence-electron chi connectivity index (χ1n) is 7.96. The first kappa shape index (κ1) is 14.8. The lowest BCUT2D eigenvalue weighted by atomic mass is 9.99. The zero-order chi connectivity index (χ0) is 15.4. The highest BCUT2D eigenvalue weighted by molar-refractivity contribution is 5.79. The molecule has 1 aliphatic rings. The van der Waals surface area contributed by atoms with Crippen molar-refractivity contribution in [2.24, 2.45) is 0 Å². The van der Waals surface area contributed by atoms with Crippen LogP contribution in [0.3, 0.4) is 0 Å². The topological polar surface area (TPSA) is 42.2 Å². The summed E-state index contributed by atoms with van der Waals surface area (Å²) in [5.74, 6) is 0.532. The molecule has 0 saturated carbocycles. The fourth-order valence-corrected chi connectivity index (χ4v) is 3.12. The molecule has 1 saturated heterocycles. The summed E-state index contributed by atoms with van der Waals surface area (Å²) in [7, 11) is 0. The molecule has 1 aromatic heterocycles. The van der Waals surface area contributed by atoms with Crippen molar-refractivity contribution in [1.29, 1.82) is 0 Å². The first-order valence-corrected chi connectivity index (χ1v) is 7.96. The Hall–Kier alpha value is -2.13. The molecule has 22 heavy (non-hydrogen) atoms. The van der Waals surface area contributed by atoms with Crippen LogP contribution in [-0.4, -0.2) is 23.0 Å². The molecule has 1 aromatic carbocycles. The van der Waals surface area contributed by atoms with Gasteiger partial charge < -0.3 is 5.73 Å². The maximum absolute atomic E-state index is 5.93. The summed E-state index contributed by atoms with van der Waals surface area (Å²) >= 11 is 0. The van der Waals surface area contributed by atoms with Crippen LogP contribution in [0.15, 0.2) is 43.1 Å². The van der Waals surface area contributed by atoms with Gasteiger partial charge in [0, 0.05) is 18.3 Å². The lowest BCUT2D eigenvalue weighted by Gasteiger charge is -2.26. The third-order valence-electron chi connectivity index (χ3n) is 4.34.